The smallest absolute Gasteiger partial charge is 0.381 e. The van der Waals surface area contributed by atoms with Crippen LogP contribution in [0, 0.1) is 0 Å². The zero-order valence-corrected chi connectivity index (χ0v) is 17.5. The topological polar surface area (TPSA) is 32.3 Å². The fourth-order valence-corrected chi connectivity index (χ4v) is 3.99. The van der Waals surface area contributed by atoms with Crippen LogP contribution in [0.15, 0.2) is 79.4 Å². The summed E-state index contributed by atoms with van der Waals surface area (Å²) in [5.41, 5.74) is 5.00. The van der Waals surface area contributed by atoms with Gasteiger partial charge in [0, 0.05) is 25.3 Å². The lowest BCUT2D eigenvalue weighted by Crippen LogP contribution is -2.35. The monoisotopic (exact) mass is 436 g/mol. The van der Waals surface area contributed by atoms with Crippen molar-refractivity contribution < 1.29 is 18.0 Å². The molecule has 0 unspecified atom stereocenters. The van der Waals surface area contributed by atoms with E-state index in [0.29, 0.717) is 31.6 Å². The van der Waals surface area contributed by atoms with E-state index in [2.05, 4.69) is 11.9 Å². The van der Waals surface area contributed by atoms with Gasteiger partial charge in [-0.2, -0.15) is 13.2 Å². The van der Waals surface area contributed by atoms with Crippen LogP contribution in [0.1, 0.15) is 22.3 Å². The largest absolute Gasteiger partial charge is 0.416 e. The molecular formula is C26H23F3N2O. The number of rotatable bonds is 5. The van der Waals surface area contributed by atoms with Crippen LogP contribution in [-0.4, -0.2) is 17.4 Å². The normalized spacial score (nSPS) is 13.4. The molecule has 3 aromatic carbocycles. The highest BCUT2D eigenvalue weighted by Gasteiger charge is 2.30. The van der Waals surface area contributed by atoms with E-state index in [1.165, 1.54) is 18.2 Å². The van der Waals surface area contributed by atoms with Crippen LogP contribution < -0.4 is 5.32 Å². The summed E-state index contributed by atoms with van der Waals surface area (Å²) in [6.07, 6.45) is -2.37. The first kappa shape index (κ1) is 21.7. The lowest BCUT2D eigenvalue weighted by atomic mass is 9.92. The molecule has 6 heteroatoms. The Labute approximate surface area is 185 Å². The summed E-state index contributed by atoms with van der Waals surface area (Å²) in [6, 6.07) is 19.1. The standard InChI is InChI=1S/C26H23F3N2O/c1-2-25(32)31-13-12-23-21(17-31)14-20(19-8-10-22(11-9-19)26(27,28)29)15-24(23)30-16-18-6-4-3-5-7-18/h2-11,14-15,30H,1,12-13,16-17H2. The van der Waals surface area contributed by atoms with Crippen LogP contribution in [0.4, 0.5) is 18.9 Å². The van der Waals surface area contributed by atoms with Crippen molar-refractivity contribution in [1.82, 2.24) is 4.90 Å². The van der Waals surface area contributed by atoms with Crippen molar-refractivity contribution in [1.29, 1.82) is 0 Å². The van der Waals surface area contributed by atoms with Gasteiger partial charge < -0.3 is 10.2 Å². The number of amides is 1. The lowest BCUT2D eigenvalue weighted by Gasteiger charge is -2.30. The van der Waals surface area contributed by atoms with Crippen LogP contribution in [-0.2, 0) is 30.5 Å². The molecule has 0 radical (unpaired) electrons. The van der Waals surface area contributed by atoms with Gasteiger partial charge in [-0.1, -0.05) is 49.0 Å². The van der Waals surface area contributed by atoms with Crippen LogP contribution in [0.2, 0.25) is 0 Å². The first-order valence-electron chi connectivity index (χ1n) is 10.4. The Morgan fingerprint density at radius 2 is 1.75 bits per heavy atom. The first-order chi connectivity index (χ1) is 15.3. The molecule has 0 atom stereocenters. The summed E-state index contributed by atoms with van der Waals surface area (Å²) in [7, 11) is 0. The van der Waals surface area contributed by atoms with E-state index in [0.717, 1.165) is 40.1 Å². The van der Waals surface area contributed by atoms with Crippen LogP contribution >= 0.6 is 0 Å². The summed E-state index contributed by atoms with van der Waals surface area (Å²) < 4.78 is 38.9. The Balaban J connectivity index is 1.70. The van der Waals surface area contributed by atoms with Crippen molar-refractivity contribution in [2.75, 3.05) is 11.9 Å². The summed E-state index contributed by atoms with van der Waals surface area (Å²) in [5.74, 6) is -0.130. The van der Waals surface area contributed by atoms with E-state index in [-0.39, 0.29) is 5.91 Å². The lowest BCUT2D eigenvalue weighted by molar-refractivity contribution is -0.137. The van der Waals surface area contributed by atoms with Gasteiger partial charge in [0.15, 0.2) is 0 Å². The second-order valence-corrected chi connectivity index (χ2v) is 7.79. The number of hydrogen-bond acceptors (Lipinski definition) is 2. The molecule has 0 bridgehead atoms. The van der Waals surface area contributed by atoms with Crippen molar-refractivity contribution >= 4 is 11.6 Å². The van der Waals surface area contributed by atoms with Crippen LogP contribution in [0.25, 0.3) is 11.1 Å². The minimum Gasteiger partial charge on any atom is -0.381 e. The molecule has 1 amide bonds. The maximum Gasteiger partial charge on any atom is 0.416 e. The number of nitrogens with one attached hydrogen (secondary N) is 1. The zero-order valence-electron chi connectivity index (χ0n) is 17.5. The van der Waals surface area contributed by atoms with Gasteiger partial charge in [0.25, 0.3) is 0 Å². The van der Waals surface area contributed by atoms with Crippen molar-refractivity contribution in [3.05, 3.63) is 102 Å². The molecule has 1 N–H and O–H groups in total. The number of nitrogens with zero attached hydrogens (tertiary/aromatic N) is 1. The Morgan fingerprint density at radius 1 is 1.03 bits per heavy atom. The van der Waals surface area contributed by atoms with Gasteiger partial charge in [0.2, 0.25) is 5.91 Å². The maximum absolute atomic E-state index is 13.0. The van der Waals surface area contributed by atoms with Crippen molar-refractivity contribution in [2.45, 2.75) is 25.7 Å². The van der Waals surface area contributed by atoms with Gasteiger partial charge in [-0.25, -0.2) is 0 Å². The molecule has 3 nitrogen and oxygen atoms in total. The average Bonchev–Trinajstić information content (AvgIpc) is 2.81. The zero-order chi connectivity index (χ0) is 22.7. The molecule has 32 heavy (non-hydrogen) atoms. The highest BCUT2D eigenvalue weighted by Crippen LogP contribution is 2.35. The van der Waals surface area contributed by atoms with Crippen molar-refractivity contribution in [2.24, 2.45) is 0 Å². The number of fused-ring (bicyclic) bond motifs is 1. The van der Waals surface area contributed by atoms with E-state index < -0.39 is 11.7 Å². The number of hydrogen-bond donors (Lipinski definition) is 1. The fraction of sp³-hybridized carbons (Fsp3) is 0.192. The molecule has 3 aromatic rings. The molecule has 0 saturated carbocycles. The SMILES string of the molecule is C=CC(=O)N1CCc2c(cc(-c3ccc(C(F)(F)F)cc3)cc2NCc2ccccc2)C1. The van der Waals surface area contributed by atoms with Gasteiger partial charge in [0.1, 0.15) is 0 Å². The number of halogens is 3. The third-order valence-corrected chi connectivity index (χ3v) is 5.69. The van der Waals surface area contributed by atoms with Gasteiger partial charge in [-0.05, 0) is 64.6 Å². The average molecular weight is 436 g/mol. The molecule has 0 fully saturated rings. The molecule has 164 valence electrons. The van der Waals surface area contributed by atoms with Gasteiger partial charge in [-0.3, -0.25) is 4.79 Å². The van der Waals surface area contributed by atoms with E-state index >= 15 is 0 Å². The third kappa shape index (κ3) is 4.69. The second-order valence-electron chi connectivity index (χ2n) is 7.79. The fourth-order valence-electron chi connectivity index (χ4n) is 3.99. The van der Waals surface area contributed by atoms with Crippen LogP contribution in [0.3, 0.4) is 0 Å². The summed E-state index contributed by atoms with van der Waals surface area (Å²) >= 11 is 0. The first-order valence-corrected chi connectivity index (χ1v) is 10.4. The minimum atomic E-state index is -4.37. The van der Waals surface area contributed by atoms with Gasteiger partial charge in [0.05, 0.1) is 5.56 Å². The number of alkyl halides is 3. The maximum atomic E-state index is 13.0. The Bertz CT molecular complexity index is 1120. The number of carbonyl (C=O) groups is 1. The van der Waals surface area contributed by atoms with Gasteiger partial charge >= 0.3 is 6.18 Å². The molecule has 0 spiro atoms. The number of benzene rings is 3. The summed E-state index contributed by atoms with van der Waals surface area (Å²) in [6.45, 7) is 5.23. The molecule has 1 heterocycles. The van der Waals surface area contributed by atoms with E-state index in [1.54, 1.807) is 4.90 Å². The van der Waals surface area contributed by atoms with E-state index in [9.17, 15) is 18.0 Å². The van der Waals surface area contributed by atoms with Crippen molar-refractivity contribution in [3.8, 4) is 11.1 Å². The third-order valence-electron chi connectivity index (χ3n) is 5.69. The van der Waals surface area contributed by atoms with Crippen LogP contribution in [0.5, 0.6) is 0 Å². The molecule has 1 aliphatic heterocycles. The highest BCUT2D eigenvalue weighted by atomic mass is 19.4. The second kappa shape index (κ2) is 8.91. The molecule has 0 aliphatic carbocycles. The van der Waals surface area contributed by atoms with E-state index in [1.807, 2.05) is 42.5 Å². The Morgan fingerprint density at radius 3 is 2.41 bits per heavy atom. The predicted molar refractivity (Wildman–Crippen MR) is 120 cm³/mol. The molecule has 4 rings (SSSR count). The van der Waals surface area contributed by atoms with E-state index in [4.69, 9.17) is 0 Å². The van der Waals surface area contributed by atoms with Gasteiger partial charge in [-0.15, -0.1) is 0 Å². The number of anilines is 1. The summed E-state index contributed by atoms with van der Waals surface area (Å²) in [4.78, 5) is 13.9. The Kier molecular flexibility index (Phi) is 6.04. The quantitative estimate of drug-likeness (QED) is 0.494. The highest BCUT2D eigenvalue weighted by molar-refractivity contribution is 5.87. The summed E-state index contributed by atoms with van der Waals surface area (Å²) in [5, 5.41) is 3.49. The Hall–Kier alpha value is -3.54. The molecule has 1 aliphatic rings. The van der Waals surface area contributed by atoms with Crippen molar-refractivity contribution in [3.63, 3.8) is 0 Å². The molecule has 0 saturated heterocycles. The predicted octanol–water partition coefficient (Wildman–Crippen LogP) is 6.06. The molecule has 0 aromatic heterocycles. The molecular weight excluding hydrogens is 413 g/mol. The minimum absolute atomic E-state index is 0.130. The number of carbonyl (C=O) groups excluding carboxylic acids is 1.